The first kappa shape index (κ1) is 12.7. The molecule has 0 bridgehead atoms. The van der Waals surface area contributed by atoms with E-state index in [0.717, 1.165) is 19.6 Å². The average Bonchev–Trinajstić information content (AvgIpc) is 3.02. The first-order chi connectivity index (χ1) is 9.34. The van der Waals surface area contributed by atoms with Gasteiger partial charge < -0.3 is 10.6 Å². The molecule has 1 fully saturated rings. The van der Waals surface area contributed by atoms with E-state index in [1.54, 1.807) is 0 Å². The van der Waals surface area contributed by atoms with Crippen molar-refractivity contribution in [2.75, 3.05) is 24.5 Å². The molecule has 3 rings (SSSR count). The molecular weight excluding hydrogens is 234 g/mol. The lowest BCUT2D eigenvalue weighted by atomic mass is 9.69. The van der Waals surface area contributed by atoms with Crippen LogP contribution in [0.4, 0.5) is 5.69 Å². The summed E-state index contributed by atoms with van der Waals surface area (Å²) in [7, 11) is 0. The third-order valence-corrected chi connectivity index (χ3v) is 4.68. The minimum absolute atomic E-state index is 0.213. The van der Waals surface area contributed by atoms with E-state index in [-0.39, 0.29) is 5.41 Å². The van der Waals surface area contributed by atoms with Crippen molar-refractivity contribution in [1.29, 1.82) is 0 Å². The summed E-state index contributed by atoms with van der Waals surface area (Å²) in [5.74, 6) is 0. The van der Waals surface area contributed by atoms with Gasteiger partial charge in [-0.3, -0.25) is 4.99 Å². The Bertz CT molecular complexity index is 461. The van der Waals surface area contributed by atoms with Gasteiger partial charge in [0, 0.05) is 24.2 Å². The highest BCUT2D eigenvalue weighted by molar-refractivity contribution is 5.81. The molecule has 3 nitrogen and oxygen atoms in total. The van der Waals surface area contributed by atoms with Gasteiger partial charge in [-0.15, -0.1) is 0 Å². The normalized spacial score (nSPS) is 21.8. The van der Waals surface area contributed by atoms with Crippen LogP contribution in [-0.4, -0.2) is 26.0 Å². The zero-order valence-corrected chi connectivity index (χ0v) is 11.5. The second-order valence-electron chi connectivity index (χ2n) is 5.81. The summed E-state index contributed by atoms with van der Waals surface area (Å²) < 4.78 is 0. The number of aliphatic imine (C=N–C) groups is 1. The molecule has 1 heterocycles. The standard InChI is InChI=1S/C16H23N3/c17-12-16(7-2-1-3-8-16)14-5-4-6-15(11-14)19-10-9-18-13-19/h4-6,11,13H,1-3,7-10,12,17H2. The summed E-state index contributed by atoms with van der Waals surface area (Å²) in [5.41, 5.74) is 9.03. The molecule has 0 saturated heterocycles. The fraction of sp³-hybridized carbons (Fsp3) is 0.562. The van der Waals surface area contributed by atoms with Crippen molar-refractivity contribution in [3.63, 3.8) is 0 Å². The number of nitrogens with zero attached hydrogens (tertiary/aromatic N) is 2. The van der Waals surface area contributed by atoms with E-state index in [0.29, 0.717) is 0 Å². The molecule has 2 aliphatic rings. The Morgan fingerprint density at radius 2 is 2.05 bits per heavy atom. The predicted molar refractivity (Wildman–Crippen MR) is 81.0 cm³/mol. The van der Waals surface area contributed by atoms with Crippen molar-refractivity contribution in [3.8, 4) is 0 Å². The van der Waals surface area contributed by atoms with Crippen LogP contribution in [0, 0.1) is 0 Å². The van der Waals surface area contributed by atoms with Gasteiger partial charge in [-0.25, -0.2) is 0 Å². The van der Waals surface area contributed by atoms with Crippen LogP contribution in [0.25, 0.3) is 0 Å². The Morgan fingerprint density at radius 3 is 2.74 bits per heavy atom. The average molecular weight is 257 g/mol. The Kier molecular flexibility index (Phi) is 3.56. The molecule has 0 amide bonds. The predicted octanol–water partition coefficient (Wildman–Crippen LogP) is 2.70. The second-order valence-corrected chi connectivity index (χ2v) is 5.81. The molecule has 0 atom stereocenters. The lowest BCUT2D eigenvalue weighted by Crippen LogP contribution is -2.37. The third kappa shape index (κ3) is 2.39. The second kappa shape index (κ2) is 5.33. The first-order valence-electron chi connectivity index (χ1n) is 7.41. The maximum absolute atomic E-state index is 6.13. The molecule has 102 valence electrons. The van der Waals surface area contributed by atoms with Crippen molar-refractivity contribution in [2.45, 2.75) is 37.5 Å². The highest BCUT2D eigenvalue weighted by Gasteiger charge is 2.32. The van der Waals surface area contributed by atoms with Crippen molar-refractivity contribution in [2.24, 2.45) is 10.7 Å². The van der Waals surface area contributed by atoms with Gasteiger partial charge in [0.15, 0.2) is 0 Å². The van der Waals surface area contributed by atoms with E-state index < -0.39 is 0 Å². The van der Waals surface area contributed by atoms with Gasteiger partial charge in [-0.1, -0.05) is 31.4 Å². The maximum Gasteiger partial charge on any atom is 0.0895 e. The van der Waals surface area contributed by atoms with E-state index in [1.165, 1.54) is 43.4 Å². The zero-order valence-electron chi connectivity index (χ0n) is 11.5. The van der Waals surface area contributed by atoms with E-state index in [2.05, 4.69) is 34.2 Å². The van der Waals surface area contributed by atoms with Crippen molar-refractivity contribution < 1.29 is 0 Å². The highest BCUT2D eigenvalue weighted by atomic mass is 15.2. The number of nitrogens with two attached hydrogens (primary N) is 1. The Labute approximate surface area is 115 Å². The van der Waals surface area contributed by atoms with E-state index >= 15 is 0 Å². The van der Waals surface area contributed by atoms with Crippen LogP contribution >= 0.6 is 0 Å². The van der Waals surface area contributed by atoms with E-state index in [4.69, 9.17) is 5.73 Å². The van der Waals surface area contributed by atoms with Crippen LogP contribution in [0.5, 0.6) is 0 Å². The van der Waals surface area contributed by atoms with Gasteiger partial charge in [-0.05, 0) is 30.5 Å². The molecule has 19 heavy (non-hydrogen) atoms. The number of anilines is 1. The van der Waals surface area contributed by atoms with Crippen molar-refractivity contribution in [3.05, 3.63) is 29.8 Å². The number of benzene rings is 1. The lowest BCUT2D eigenvalue weighted by molar-refractivity contribution is 0.301. The highest BCUT2D eigenvalue weighted by Crippen LogP contribution is 2.39. The van der Waals surface area contributed by atoms with E-state index in [1.807, 2.05) is 6.34 Å². The van der Waals surface area contributed by atoms with Gasteiger partial charge >= 0.3 is 0 Å². The summed E-state index contributed by atoms with van der Waals surface area (Å²) in [6, 6.07) is 8.93. The minimum atomic E-state index is 0.213. The monoisotopic (exact) mass is 257 g/mol. The van der Waals surface area contributed by atoms with Gasteiger partial charge in [-0.2, -0.15) is 0 Å². The molecule has 0 radical (unpaired) electrons. The van der Waals surface area contributed by atoms with Crippen LogP contribution < -0.4 is 10.6 Å². The molecule has 0 aromatic heterocycles. The van der Waals surface area contributed by atoms with Crippen LogP contribution in [0.2, 0.25) is 0 Å². The molecular formula is C16H23N3. The summed E-state index contributed by atoms with van der Waals surface area (Å²) in [6.07, 6.45) is 8.41. The zero-order chi connectivity index (χ0) is 13.1. The molecule has 2 N–H and O–H groups in total. The van der Waals surface area contributed by atoms with Gasteiger partial charge in [0.2, 0.25) is 0 Å². The van der Waals surface area contributed by atoms with Crippen LogP contribution in [-0.2, 0) is 5.41 Å². The third-order valence-electron chi connectivity index (χ3n) is 4.68. The molecule has 1 aliphatic carbocycles. The quantitative estimate of drug-likeness (QED) is 0.904. The molecule has 1 aliphatic heterocycles. The van der Waals surface area contributed by atoms with Gasteiger partial charge in [0.05, 0.1) is 12.9 Å². The summed E-state index contributed by atoms with van der Waals surface area (Å²) in [5, 5.41) is 0. The van der Waals surface area contributed by atoms with Crippen molar-refractivity contribution >= 4 is 12.0 Å². The van der Waals surface area contributed by atoms with Gasteiger partial charge in [0.25, 0.3) is 0 Å². The fourth-order valence-corrected chi connectivity index (χ4v) is 3.43. The molecule has 1 aromatic carbocycles. The first-order valence-corrected chi connectivity index (χ1v) is 7.41. The molecule has 1 saturated carbocycles. The smallest absolute Gasteiger partial charge is 0.0895 e. The van der Waals surface area contributed by atoms with Crippen LogP contribution in [0.1, 0.15) is 37.7 Å². The Morgan fingerprint density at radius 1 is 1.21 bits per heavy atom. The number of rotatable bonds is 3. The Balaban J connectivity index is 1.90. The van der Waals surface area contributed by atoms with E-state index in [9.17, 15) is 0 Å². The molecule has 1 aromatic rings. The minimum Gasteiger partial charge on any atom is -0.331 e. The summed E-state index contributed by atoms with van der Waals surface area (Å²) >= 11 is 0. The number of hydrogen-bond acceptors (Lipinski definition) is 3. The summed E-state index contributed by atoms with van der Waals surface area (Å²) in [4.78, 5) is 6.53. The number of hydrogen-bond donors (Lipinski definition) is 1. The van der Waals surface area contributed by atoms with Crippen molar-refractivity contribution in [1.82, 2.24) is 0 Å². The fourth-order valence-electron chi connectivity index (χ4n) is 3.43. The largest absolute Gasteiger partial charge is 0.331 e. The van der Waals surface area contributed by atoms with Crippen LogP contribution in [0.3, 0.4) is 0 Å². The lowest BCUT2D eigenvalue weighted by Gasteiger charge is -2.37. The maximum atomic E-state index is 6.13. The van der Waals surface area contributed by atoms with Gasteiger partial charge in [0.1, 0.15) is 0 Å². The molecule has 3 heteroatoms. The molecule has 0 spiro atoms. The SMILES string of the molecule is NCC1(c2cccc(N3C=NCC3)c2)CCCCC1. The topological polar surface area (TPSA) is 41.6 Å². The Hall–Kier alpha value is -1.35. The van der Waals surface area contributed by atoms with Crippen LogP contribution in [0.15, 0.2) is 29.3 Å². The molecule has 0 unspecified atom stereocenters. The summed E-state index contributed by atoms with van der Waals surface area (Å²) in [6.45, 7) is 2.68.